The molecular formula is C2HFNO2P. The van der Waals surface area contributed by atoms with E-state index in [0.29, 0.717) is 5.54 Å². The standard InChI is InChI=1S/C2HFNO2P/c3-4-2(5)1-7-6/h(H,4,5). The third kappa shape index (κ3) is 3.23. The molecule has 7 heavy (non-hydrogen) atoms. The van der Waals surface area contributed by atoms with Crippen molar-refractivity contribution in [2.24, 2.45) is 0 Å². The summed E-state index contributed by atoms with van der Waals surface area (Å²) in [6.07, 6.45) is 0. The zero-order valence-electron chi connectivity index (χ0n) is 3.14. The van der Waals surface area contributed by atoms with Gasteiger partial charge in [0.2, 0.25) is 0 Å². The van der Waals surface area contributed by atoms with E-state index >= 15 is 0 Å². The van der Waals surface area contributed by atoms with Crippen LogP contribution in [0.2, 0.25) is 0 Å². The first-order chi connectivity index (χ1) is 3.31. The molecule has 0 fully saturated rings. The Morgan fingerprint density at radius 2 is 2.43 bits per heavy atom. The Morgan fingerprint density at radius 1 is 1.86 bits per heavy atom. The van der Waals surface area contributed by atoms with Gasteiger partial charge < -0.3 is 0 Å². The van der Waals surface area contributed by atoms with E-state index in [4.69, 9.17) is 0 Å². The van der Waals surface area contributed by atoms with E-state index in [1.807, 2.05) is 0 Å². The zero-order chi connectivity index (χ0) is 5.70. The maximum atomic E-state index is 10.8. The van der Waals surface area contributed by atoms with Crippen molar-refractivity contribution in [3.05, 3.63) is 0 Å². The molecule has 0 saturated carbocycles. The van der Waals surface area contributed by atoms with Crippen LogP contribution in [-0.2, 0) is 9.36 Å². The van der Waals surface area contributed by atoms with Gasteiger partial charge in [-0.1, -0.05) is 0 Å². The number of rotatable bonds is 0. The van der Waals surface area contributed by atoms with Crippen molar-refractivity contribution in [1.82, 2.24) is 5.54 Å². The van der Waals surface area contributed by atoms with Crippen LogP contribution in [0.25, 0.3) is 0 Å². The van der Waals surface area contributed by atoms with Gasteiger partial charge in [0.15, 0.2) is 0 Å². The molecule has 38 valence electrons. The van der Waals surface area contributed by atoms with E-state index in [9.17, 15) is 13.8 Å². The van der Waals surface area contributed by atoms with Crippen LogP contribution in [0.4, 0.5) is 4.48 Å². The summed E-state index contributed by atoms with van der Waals surface area (Å²) in [5.74, 6) is -1.11. The third-order valence-corrected chi connectivity index (χ3v) is 0.527. The molecule has 1 amide bonds. The van der Waals surface area contributed by atoms with Gasteiger partial charge >= 0.3 is 38.8 Å². The van der Waals surface area contributed by atoms with Gasteiger partial charge in [0.05, 0.1) is 0 Å². The molecule has 0 aliphatic rings. The van der Waals surface area contributed by atoms with Crippen molar-refractivity contribution in [2.75, 3.05) is 0 Å². The number of hydrogen-bond acceptors (Lipinski definition) is 2. The van der Waals surface area contributed by atoms with Crippen LogP contribution in [0.1, 0.15) is 0 Å². The van der Waals surface area contributed by atoms with Crippen LogP contribution in [0.3, 0.4) is 0 Å². The number of nitrogens with one attached hydrogen (secondary N) is 1. The minimum absolute atomic E-state index is 0.612. The van der Waals surface area contributed by atoms with Gasteiger partial charge in [-0.25, -0.2) is 0 Å². The normalized spacial score (nSPS) is 6.43. The van der Waals surface area contributed by atoms with Gasteiger partial charge in [-0.2, -0.15) is 0 Å². The number of amides is 1. The first kappa shape index (κ1) is 6.41. The Hall–Kier alpha value is -0.590. The first-order valence-corrected chi connectivity index (χ1v) is 2.11. The van der Waals surface area contributed by atoms with E-state index in [1.165, 1.54) is 0 Å². The van der Waals surface area contributed by atoms with E-state index in [1.54, 1.807) is 5.63 Å². The number of hydrogen-bond donors (Lipinski definition) is 1. The molecule has 0 atom stereocenters. The van der Waals surface area contributed by atoms with Crippen LogP contribution in [0, 0.1) is 5.63 Å². The summed E-state index contributed by atoms with van der Waals surface area (Å²) >= 11 is 0. The van der Waals surface area contributed by atoms with Crippen molar-refractivity contribution < 1.29 is 13.8 Å². The van der Waals surface area contributed by atoms with E-state index in [-0.39, 0.29) is 0 Å². The molecule has 0 aliphatic heterocycles. The maximum absolute atomic E-state index is 10.8. The van der Waals surface area contributed by atoms with E-state index < -0.39 is 13.8 Å². The van der Waals surface area contributed by atoms with Gasteiger partial charge in [0.25, 0.3) is 0 Å². The molecular weight excluding hydrogens is 120 g/mol. The Kier molecular flexibility index (Phi) is 3.29. The molecule has 0 bridgehead atoms. The fourth-order valence-electron chi connectivity index (χ4n) is 0.0626. The van der Waals surface area contributed by atoms with Crippen LogP contribution in [-0.4, -0.2) is 5.91 Å². The van der Waals surface area contributed by atoms with Crippen molar-refractivity contribution in [1.29, 1.82) is 0 Å². The summed E-state index contributed by atoms with van der Waals surface area (Å²) in [6, 6.07) is 0. The Morgan fingerprint density at radius 3 is 2.57 bits per heavy atom. The van der Waals surface area contributed by atoms with Gasteiger partial charge in [-0.05, 0) is 0 Å². The topological polar surface area (TPSA) is 46.2 Å². The van der Waals surface area contributed by atoms with Crippen molar-refractivity contribution >= 4 is 13.8 Å². The molecule has 0 aromatic heterocycles. The predicted molar refractivity (Wildman–Crippen MR) is 20.7 cm³/mol. The average molecular weight is 121 g/mol. The second-order valence-corrected chi connectivity index (χ2v) is 1.03. The zero-order valence-corrected chi connectivity index (χ0v) is 4.04. The molecule has 0 saturated heterocycles. The third-order valence-electron chi connectivity index (χ3n) is 0.233. The molecule has 0 aromatic carbocycles. The van der Waals surface area contributed by atoms with Gasteiger partial charge in [0, 0.05) is 0 Å². The van der Waals surface area contributed by atoms with Crippen molar-refractivity contribution in [3.8, 4) is 5.63 Å². The molecule has 0 unspecified atom stereocenters. The summed E-state index contributed by atoms with van der Waals surface area (Å²) in [4.78, 5) is 9.61. The average Bonchev–Trinajstić information content (AvgIpc) is 1.68. The second-order valence-electron chi connectivity index (χ2n) is 0.627. The van der Waals surface area contributed by atoms with Crippen LogP contribution in [0.15, 0.2) is 0 Å². The second kappa shape index (κ2) is 3.59. The first-order valence-electron chi connectivity index (χ1n) is 1.30. The van der Waals surface area contributed by atoms with Crippen LogP contribution >= 0.6 is 7.92 Å². The van der Waals surface area contributed by atoms with E-state index in [0.717, 1.165) is 0 Å². The molecule has 0 aromatic rings. The summed E-state index contributed by atoms with van der Waals surface area (Å²) < 4.78 is 20.1. The van der Waals surface area contributed by atoms with Crippen LogP contribution < -0.4 is 5.54 Å². The Labute approximate surface area is 40.0 Å². The number of carbonyl (C=O) groups excluding carboxylic acids is 1. The molecule has 3 nitrogen and oxygen atoms in total. The summed E-state index contributed by atoms with van der Waals surface area (Å²) in [7, 11) is -0.612. The van der Waals surface area contributed by atoms with Crippen LogP contribution in [0.5, 0.6) is 0 Å². The quantitative estimate of drug-likeness (QED) is 0.368. The molecule has 1 N–H and O–H groups in total. The molecule has 0 rings (SSSR count). The Balaban J connectivity index is 3.75. The summed E-state index contributed by atoms with van der Waals surface area (Å²) in [6.45, 7) is 0. The van der Waals surface area contributed by atoms with Gasteiger partial charge in [0.1, 0.15) is 0 Å². The van der Waals surface area contributed by atoms with Crippen molar-refractivity contribution in [3.63, 3.8) is 0 Å². The van der Waals surface area contributed by atoms with E-state index in [2.05, 4.69) is 0 Å². The molecule has 5 heteroatoms. The minimum atomic E-state index is -1.11. The monoisotopic (exact) mass is 121 g/mol. The SMILES string of the molecule is O=P#CC(=O)NF. The van der Waals surface area contributed by atoms with Gasteiger partial charge in [-0.3, -0.25) is 0 Å². The Bertz CT molecular complexity index is 160. The summed E-state index contributed by atoms with van der Waals surface area (Å²) in [5.41, 5.74) is 2.30. The fraction of sp³-hybridized carbons (Fsp3) is 0. The predicted octanol–water partition coefficient (Wildman–Crippen LogP) is 0.238. The molecule has 0 spiro atoms. The number of halogens is 1. The summed E-state index contributed by atoms with van der Waals surface area (Å²) in [5, 5.41) is 0. The van der Waals surface area contributed by atoms with Gasteiger partial charge in [-0.15, -0.1) is 0 Å². The molecule has 0 radical (unpaired) electrons. The van der Waals surface area contributed by atoms with Crippen molar-refractivity contribution in [2.45, 2.75) is 0 Å². The molecule has 0 aliphatic carbocycles. The fourth-order valence-corrected chi connectivity index (χ4v) is 0.188. The molecule has 0 heterocycles. The number of carbonyl (C=O) groups is 1.